The lowest BCUT2D eigenvalue weighted by Gasteiger charge is -2.13. The third-order valence-corrected chi connectivity index (χ3v) is 4.05. The number of rotatable bonds is 8. The fourth-order valence-corrected chi connectivity index (χ4v) is 2.66. The molecule has 1 heterocycles. The Morgan fingerprint density at radius 1 is 0.929 bits per heavy atom. The number of benzene rings is 2. The van der Waals surface area contributed by atoms with Gasteiger partial charge in [0.2, 0.25) is 5.95 Å². The molecule has 28 heavy (non-hydrogen) atoms. The molecule has 7 heteroatoms. The third-order valence-electron chi connectivity index (χ3n) is 4.05. The first-order chi connectivity index (χ1) is 13.5. The van der Waals surface area contributed by atoms with E-state index in [1.807, 2.05) is 44.4 Å². The van der Waals surface area contributed by atoms with Crippen molar-refractivity contribution in [2.24, 2.45) is 0 Å². The second-order valence-corrected chi connectivity index (χ2v) is 6.67. The molecule has 0 bridgehead atoms. The molecule has 0 aliphatic rings. The smallest absolute Gasteiger partial charge is 0.225 e. The predicted octanol–water partition coefficient (Wildman–Crippen LogP) is 4.53. The van der Waals surface area contributed by atoms with Crippen LogP contribution in [0.2, 0.25) is 0 Å². The molecule has 2 N–H and O–H groups in total. The molecule has 0 unspecified atom stereocenters. The second kappa shape index (κ2) is 9.23. The molecule has 3 aromatic rings. The lowest BCUT2D eigenvalue weighted by Crippen LogP contribution is -2.17. The summed E-state index contributed by atoms with van der Waals surface area (Å²) in [6.45, 7) is 1.67. The molecule has 3 rings (SSSR count). The monoisotopic (exact) mass is 383 g/mol. The number of aromatic nitrogens is 2. The van der Waals surface area contributed by atoms with Crippen LogP contribution < -0.4 is 10.6 Å². The Balaban J connectivity index is 1.85. The highest BCUT2D eigenvalue weighted by molar-refractivity contribution is 5.67. The van der Waals surface area contributed by atoms with Crippen LogP contribution >= 0.6 is 0 Å². The van der Waals surface area contributed by atoms with Crippen molar-refractivity contribution in [2.75, 3.05) is 37.8 Å². The van der Waals surface area contributed by atoms with Gasteiger partial charge in [-0.05, 0) is 39.2 Å². The van der Waals surface area contributed by atoms with E-state index in [-0.39, 0.29) is 0 Å². The van der Waals surface area contributed by atoms with Crippen LogP contribution in [0.25, 0.3) is 11.3 Å². The zero-order chi connectivity index (χ0) is 19.9. The Morgan fingerprint density at radius 2 is 1.71 bits per heavy atom. The highest BCUT2D eigenvalue weighted by Gasteiger charge is 2.09. The van der Waals surface area contributed by atoms with Crippen molar-refractivity contribution in [1.82, 2.24) is 14.9 Å². The first-order valence-electron chi connectivity index (χ1n) is 9.06. The van der Waals surface area contributed by atoms with E-state index >= 15 is 0 Å². The average Bonchev–Trinajstić information content (AvgIpc) is 2.68. The molecule has 5 nitrogen and oxygen atoms in total. The maximum absolute atomic E-state index is 13.5. The second-order valence-electron chi connectivity index (χ2n) is 6.67. The minimum Gasteiger partial charge on any atom is -0.354 e. The number of anilines is 3. The summed E-state index contributed by atoms with van der Waals surface area (Å²) in [5.41, 5.74) is 2.08. The fraction of sp³-hybridized carbons (Fsp3) is 0.238. The molecule has 146 valence electrons. The lowest BCUT2D eigenvalue weighted by atomic mass is 10.1. The Kier molecular flexibility index (Phi) is 6.49. The van der Waals surface area contributed by atoms with Crippen LogP contribution in [0.3, 0.4) is 0 Å². The summed E-state index contributed by atoms with van der Waals surface area (Å²) in [4.78, 5) is 11.2. The first-order valence-corrected chi connectivity index (χ1v) is 9.06. The molecule has 2 aromatic carbocycles. The highest BCUT2D eigenvalue weighted by Crippen LogP contribution is 2.24. The Labute approximate surface area is 163 Å². The Hall–Kier alpha value is -3.06. The largest absolute Gasteiger partial charge is 0.354 e. The molecular formula is C21H23F2N5. The molecular weight excluding hydrogens is 360 g/mol. The molecule has 0 aliphatic carbocycles. The van der Waals surface area contributed by atoms with Gasteiger partial charge in [0.1, 0.15) is 5.82 Å². The molecule has 0 amide bonds. The summed E-state index contributed by atoms with van der Waals surface area (Å²) in [6, 6.07) is 15.1. The number of hydrogen-bond acceptors (Lipinski definition) is 5. The lowest BCUT2D eigenvalue weighted by molar-refractivity contribution is 0.405. The predicted molar refractivity (Wildman–Crippen MR) is 109 cm³/mol. The summed E-state index contributed by atoms with van der Waals surface area (Å²) in [5, 5.41) is 6.26. The van der Waals surface area contributed by atoms with Crippen molar-refractivity contribution in [3.8, 4) is 11.3 Å². The molecule has 0 saturated carbocycles. The summed E-state index contributed by atoms with van der Waals surface area (Å²) >= 11 is 0. The van der Waals surface area contributed by atoms with E-state index < -0.39 is 11.6 Å². The molecule has 0 saturated heterocycles. The van der Waals surface area contributed by atoms with Crippen molar-refractivity contribution in [3.05, 3.63) is 66.2 Å². The zero-order valence-electron chi connectivity index (χ0n) is 15.9. The van der Waals surface area contributed by atoms with Crippen LogP contribution in [0.1, 0.15) is 6.42 Å². The van der Waals surface area contributed by atoms with Gasteiger partial charge in [-0.15, -0.1) is 0 Å². The van der Waals surface area contributed by atoms with E-state index in [0.29, 0.717) is 17.5 Å². The topological polar surface area (TPSA) is 53.1 Å². The van der Waals surface area contributed by atoms with Gasteiger partial charge in [-0.3, -0.25) is 0 Å². The average molecular weight is 383 g/mol. The van der Waals surface area contributed by atoms with Gasteiger partial charge in [0, 0.05) is 29.9 Å². The minimum absolute atomic E-state index is 0.412. The first kappa shape index (κ1) is 19.7. The van der Waals surface area contributed by atoms with Crippen molar-refractivity contribution >= 4 is 17.5 Å². The standard InChI is InChI=1S/C21H23F2N5/c1-28(2)12-6-11-24-21-26-19(15-7-4-3-5-8-15)14-20(27-21)25-16-9-10-17(22)18(23)13-16/h3-5,7-10,13-14H,6,11-12H2,1-2H3,(H2,24,25,26,27). The maximum atomic E-state index is 13.5. The van der Waals surface area contributed by atoms with Gasteiger partial charge in [-0.25, -0.2) is 13.8 Å². The quantitative estimate of drug-likeness (QED) is 0.560. The summed E-state index contributed by atoms with van der Waals surface area (Å²) in [7, 11) is 4.05. The Morgan fingerprint density at radius 3 is 2.43 bits per heavy atom. The SMILES string of the molecule is CN(C)CCCNc1nc(Nc2ccc(F)c(F)c2)cc(-c2ccccc2)n1. The highest BCUT2D eigenvalue weighted by atomic mass is 19.2. The van der Waals surface area contributed by atoms with E-state index in [9.17, 15) is 8.78 Å². The van der Waals surface area contributed by atoms with Crippen molar-refractivity contribution in [1.29, 1.82) is 0 Å². The maximum Gasteiger partial charge on any atom is 0.225 e. The van der Waals surface area contributed by atoms with E-state index in [4.69, 9.17) is 0 Å². The number of nitrogens with zero attached hydrogens (tertiary/aromatic N) is 3. The van der Waals surface area contributed by atoms with Crippen molar-refractivity contribution in [2.45, 2.75) is 6.42 Å². The minimum atomic E-state index is -0.913. The van der Waals surface area contributed by atoms with Crippen molar-refractivity contribution < 1.29 is 8.78 Å². The van der Waals surface area contributed by atoms with E-state index in [1.54, 1.807) is 6.07 Å². The molecule has 0 atom stereocenters. The van der Waals surface area contributed by atoms with E-state index in [1.165, 1.54) is 6.07 Å². The van der Waals surface area contributed by atoms with Gasteiger partial charge in [0.15, 0.2) is 11.6 Å². The van der Waals surface area contributed by atoms with Gasteiger partial charge in [-0.1, -0.05) is 30.3 Å². The normalized spacial score (nSPS) is 10.9. The van der Waals surface area contributed by atoms with Crippen LogP contribution in [0.15, 0.2) is 54.6 Å². The van der Waals surface area contributed by atoms with Gasteiger partial charge in [0.05, 0.1) is 5.69 Å². The van der Waals surface area contributed by atoms with E-state index in [2.05, 4.69) is 25.5 Å². The summed E-state index contributed by atoms with van der Waals surface area (Å²) < 4.78 is 26.7. The molecule has 0 fully saturated rings. The van der Waals surface area contributed by atoms with Crippen LogP contribution in [0, 0.1) is 11.6 Å². The number of halogens is 2. The number of hydrogen-bond donors (Lipinski definition) is 2. The summed E-state index contributed by atoms with van der Waals surface area (Å²) in [6.07, 6.45) is 0.942. The van der Waals surface area contributed by atoms with Gasteiger partial charge in [0.25, 0.3) is 0 Å². The number of nitrogens with one attached hydrogen (secondary N) is 2. The molecule has 0 aliphatic heterocycles. The van der Waals surface area contributed by atoms with Crippen LogP contribution in [-0.4, -0.2) is 42.1 Å². The van der Waals surface area contributed by atoms with Crippen LogP contribution in [-0.2, 0) is 0 Å². The summed E-state index contributed by atoms with van der Waals surface area (Å²) in [5.74, 6) is -0.828. The van der Waals surface area contributed by atoms with E-state index in [0.717, 1.165) is 42.9 Å². The van der Waals surface area contributed by atoms with Crippen molar-refractivity contribution in [3.63, 3.8) is 0 Å². The van der Waals surface area contributed by atoms with Gasteiger partial charge < -0.3 is 15.5 Å². The third kappa shape index (κ3) is 5.47. The Bertz CT molecular complexity index is 916. The molecule has 1 aromatic heterocycles. The molecule has 0 radical (unpaired) electrons. The fourth-order valence-electron chi connectivity index (χ4n) is 2.66. The van der Waals surface area contributed by atoms with Crippen LogP contribution in [0.4, 0.5) is 26.2 Å². The van der Waals surface area contributed by atoms with Crippen LogP contribution in [0.5, 0.6) is 0 Å². The van der Waals surface area contributed by atoms with Gasteiger partial charge in [-0.2, -0.15) is 4.98 Å². The molecule has 0 spiro atoms. The van der Waals surface area contributed by atoms with Gasteiger partial charge >= 0.3 is 0 Å². The zero-order valence-corrected chi connectivity index (χ0v) is 15.9.